The molecule has 15 heavy (non-hydrogen) atoms. The summed E-state index contributed by atoms with van der Waals surface area (Å²) >= 11 is 0. The SMILES string of the molecule is C[C@@H](O)CN[C@@H]1CC[C@@H]2CCCC[C@@H]2C1. The smallest absolute Gasteiger partial charge is 0.0636 e. The predicted molar refractivity (Wildman–Crippen MR) is 62.8 cm³/mol. The molecule has 2 aliphatic rings. The molecule has 2 nitrogen and oxygen atoms in total. The minimum absolute atomic E-state index is 0.200. The lowest BCUT2D eigenvalue weighted by Gasteiger charge is -2.39. The number of fused-ring (bicyclic) bond motifs is 1. The molecule has 0 unspecified atom stereocenters. The molecule has 0 aromatic rings. The van der Waals surface area contributed by atoms with Crippen molar-refractivity contribution in [2.75, 3.05) is 6.54 Å². The fourth-order valence-corrected chi connectivity index (χ4v) is 3.40. The predicted octanol–water partition coefficient (Wildman–Crippen LogP) is 2.32. The van der Waals surface area contributed by atoms with Gasteiger partial charge < -0.3 is 10.4 Å². The van der Waals surface area contributed by atoms with E-state index in [0.29, 0.717) is 6.04 Å². The Bertz CT molecular complexity index is 193. The van der Waals surface area contributed by atoms with Gasteiger partial charge in [-0.15, -0.1) is 0 Å². The average Bonchev–Trinajstić information content (AvgIpc) is 2.26. The molecule has 2 saturated carbocycles. The van der Waals surface area contributed by atoms with Gasteiger partial charge in [-0.25, -0.2) is 0 Å². The second kappa shape index (κ2) is 5.31. The first-order valence-corrected chi connectivity index (χ1v) is 6.67. The van der Waals surface area contributed by atoms with Crippen LogP contribution < -0.4 is 5.32 Å². The third-order valence-corrected chi connectivity index (χ3v) is 4.24. The van der Waals surface area contributed by atoms with Crippen LogP contribution in [0.4, 0.5) is 0 Å². The highest BCUT2D eigenvalue weighted by Gasteiger charge is 2.31. The number of hydrogen-bond donors (Lipinski definition) is 2. The van der Waals surface area contributed by atoms with Crippen molar-refractivity contribution >= 4 is 0 Å². The molecule has 0 aromatic carbocycles. The van der Waals surface area contributed by atoms with Crippen molar-refractivity contribution in [1.29, 1.82) is 0 Å². The van der Waals surface area contributed by atoms with Gasteiger partial charge in [0.15, 0.2) is 0 Å². The molecule has 0 bridgehead atoms. The summed E-state index contributed by atoms with van der Waals surface area (Å²) in [6, 6.07) is 0.680. The Balaban J connectivity index is 1.75. The second-order valence-electron chi connectivity index (χ2n) is 5.57. The summed E-state index contributed by atoms with van der Waals surface area (Å²) in [5.74, 6) is 2.02. The molecule has 0 amide bonds. The molecule has 2 heteroatoms. The second-order valence-corrected chi connectivity index (χ2v) is 5.57. The maximum Gasteiger partial charge on any atom is 0.0636 e. The summed E-state index contributed by atoms with van der Waals surface area (Å²) in [4.78, 5) is 0. The van der Waals surface area contributed by atoms with Gasteiger partial charge in [0.25, 0.3) is 0 Å². The Morgan fingerprint density at radius 1 is 1.13 bits per heavy atom. The van der Waals surface area contributed by atoms with Gasteiger partial charge in [0, 0.05) is 12.6 Å². The quantitative estimate of drug-likeness (QED) is 0.751. The number of nitrogens with one attached hydrogen (secondary N) is 1. The highest BCUT2D eigenvalue weighted by Crippen LogP contribution is 2.40. The Hall–Kier alpha value is -0.0800. The van der Waals surface area contributed by atoms with Gasteiger partial charge in [0.1, 0.15) is 0 Å². The van der Waals surface area contributed by atoms with E-state index < -0.39 is 0 Å². The van der Waals surface area contributed by atoms with Crippen LogP contribution in [-0.2, 0) is 0 Å². The van der Waals surface area contributed by atoms with Gasteiger partial charge in [-0.2, -0.15) is 0 Å². The van der Waals surface area contributed by atoms with E-state index in [9.17, 15) is 5.11 Å². The summed E-state index contributed by atoms with van der Waals surface area (Å²) < 4.78 is 0. The molecule has 0 radical (unpaired) electrons. The molecule has 2 rings (SSSR count). The van der Waals surface area contributed by atoms with E-state index in [1.165, 1.54) is 44.9 Å². The highest BCUT2D eigenvalue weighted by molar-refractivity contribution is 4.86. The lowest BCUT2D eigenvalue weighted by molar-refractivity contribution is 0.130. The Labute approximate surface area is 93.5 Å². The first-order chi connectivity index (χ1) is 7.25. The van der Waals surface area contributed by atoms with Gasteiger partial charge in [-0.3, -0.25) is 0 Å². The lowest BCUT2D eigenvalue weighted by Crippen LogP contribution is -2.41. The van der Waals surface area contributed by atoms with Gasteiger partial charge in [0.2, 0.25) is 0 Å². The number of hydrogen-bond acceptors (Lipinski definition) is 2. The van der Waals surface area contributed by atoms with Crippen LogP contribution in [0.25, 0.3) is 0 Å². The molecule has 2 N–H and O–H groups in total. The maximum absolute atomic E-state index is 9.25. The van der Waals surface area contributed by atoms with Gasteiger partial charge in [-0.05, 0) is 38.0 Å². The van der Waals surface area contributed by atoms with Crippen LogP contribution >= 0.6 is 0 Å². The lowest BCUT2D eigenvalue weighted by atomic mass is 9.69. The van der Waals surface area contributed by atoms with E-state index in [1.54, 1.807) is 0 Å². The topological polar surface area (TPSA) is 32.3 Å². The summed E-state index contributed by atoms with van der Waals surface area (Å²) in [7, 11) is 0. The van der Waals surface area contributed by atoms with Crippen molar-refractivity contribution in [1.82, 2.24) is 5.32 Å². The third kappa shape index (κ3) is 3.18. The van der Waals surface area contributed by atoms with Gasteiger partial charge in [-0.1, -0.05) is 25.7 Å². The van der Waals surface area contributed by atoms with Crippen LogP contribution in [0.15, 0.2) is 0 Å². The summed E-state index contributed by atoms with van der Waals surface area (Å²) in [6.45, 7) is 2.63. The monoisotopic (exact) mass is 211 g/mol. The van der Waals surface area contributed by atoms with Crippen molar-refractivity contribution < 1.29 is 5.11 Å². The number of rotatable bonds is 3. The molecule has 0 spiro atoms. The van der Waals surface area contributed by atoms with Crippen molar-refractivity contribution in [2.45, 2.75) is 64.0 Å². The van der Waals surface area contributed by atoms with E-state index in [4.69, 9.17) is 0 Å². The van der Waals surface area contributed by atoms with Crippen LogP contribution in [0.5, 0.6) is 0 Å². The van der Waals surface area contributed by atoms with Crippen LogP contribution in [-0.4, -0.2) is 23.8 Å². The average molecular weight is 211 g/mol. The molecule has 2 fully saturated rings. The zero-order chi connectivity index (χ0) is 10.7. The Morgan fingerprint density at radius 3 is 2.60 bits per heavy atom. The standard InChI is InChI=1S/C13H25NO/c1-10(15)9-14-13-7-6-11-4-2-3-5-12(11)8-13/h10-15H,2-9H2,1H3/t10-,11+,12-,13-/m1/s1. The fraction of sp³-hybridized carbons (Fsp3) is 1.00. The Morgan fingerprint density at radius 2 is 1.87 bits per heavy atom. The minimum atomic E-state index is -0.200. The molecule has 0 heterocycles. The van der Waals surface area contributed by atoms with Gasteiger partial charge >= 0.3 is 0 Å². The molecule has 88 valence electrons. The largest absolute Gasteiger partial charge is 0.392 e. The van der Waals surface area contributed by atoms with E-state index in [1.807, 2.05) is 6.92 Å². The number of aliphatic hydroxyl groups excluding tert-OH is 1. The van der Waals surface area contributed by atoms with E-state index in [2.05, 4.69) is 5.32 Å². The summed E-state index contributed by atoms with van der Waals surface area (Å²) in [5.41, 5.74) is 0. The third-order valence-electron chi connectivity index (χ3n) is 4.24. The summed E-state index contributed by atoms with van der Waals surface area (Å²) in [6.07, 6.45) is 9.75. The Kier molecular flexibility index (Phi) is 4.04. The van der Waals surface area contributed by atoms with Crippen LogP contribution in [0, 0.1) is 11.8 Å². The normalized spacial score (nSPS) is 38.4. The van der Waals surface area contributed by atoms with Crippen LogP contribution in [0.3, 0.4) is 0 Å². The summed E-state index contributed by atoms with van der Waals surface area (Å²) in [5, 5.41) is 12.8. The van der Waals surface area contributed by atoms with Crippen LogP contribution in [0.2, 0.25) is 0 Å². The zero-order valence-corrected chi connectivity index (χ0v) is 9.91. The van der Waals surface area contributed by atoms with Crippen LogP contribution in [0.1, 0.15) is 51.9 Å². The highest BCUT2D eigenvalue weighted by atomic mass is 16.3. The molecule has 2 aliphatic carbocycles. The minimum Gasteiger partial charge on any atom is -0.392 e. The van der Waals surface area contributed by atoms with E-state index >= 15 is 0 Å². The van der Waals surface area contributed by atoms with E-state index in [0.717, 1.165) is 18.4 Å². The van der Waals surface area contributed by atoms with Crippen molar-refractivity contribution in [3.63, 3.8) is 0 Å². The zero-order valence-electron chi connectivity index (χ0n) is 9.91. The molecular formula is C13H25NO. The number of aliphatic hydroxyl groups is 1. The molecular weight excluding hydrogens is 186 g/mol. The first-order valence-electron chi connectivity index (χ1n) is 6.67. The molecule has 4 atom stereocenters. The molecule has 0 aliphatic heterocycles. The molecule has 0 saturated heterocycles. The van der Waals surface area contributed by atoms with Gasteiger partial charge in [0.05, 0.1) is 6.10 Å². The van der Waals surface area contributed by atoms with E-state index in [-0.39, 0.29) is 6.10 Å². The maximum atomic E-state index is 9.25. The van der Waals surface area contributed by atoms with Crippen molar-refractivity contribution in [3.05, 3.63) is 0 Å². The first kappa shape index (κ1) is 11.4. The molecule has 0 aromatic heterocycles. The van der Waals surface area contributed by atoms with Crippen molar-refractivity contribution in [3.8, 4) is 0 Å². The van der Waals surface area contributed by atoms with Crippen molar-refractivity contribution in [2.24, 2.45) is 11.8 Å². The fourth-order valence-electron chi connectivity index (χ4n) is 3.40.